The van der Waals surface area contributed by atoms with Crippen molar-refractivity contribution in [3.8, 4) is 0 Å². The zero-order valence-electron chi connectivity index (χ0n) is 20.5. The zero-order chi connectivity index (χ0) is 26.0. The van der Waals surface area contributed by atoms with E-state index in [4.69, 9.17) is 12.6 Å². The average molecular weight is 484 g/mol. The Hall–Kier alpha value is -3.21. The quantitative estimate of drug-likeness (QED) is 0.210. The highest BCUT2D eigenvalue weighted by molar-refractivity contribution is 6.08. The molecule has 1 aliphatic heterocycles. The van der Waals surface area contributed by atoms with Gasteiger partial charge in [-0.3, -0.25) is 28.9 Å². The summed E-state index contributed by atoms with van der Waals surface area (Å²) in [4.78, 5) is 61.8. The molecular weight excluding hydrogens is 451 g/mol. The molecule has 2 radical (unpaired) electrons. The van der Waals surface area contributed by atoms with Gasteiger partial charge in [0.05, 0.1) is 34.1 Å². The van der Waals surface area contributed by atoms with Crippen molar-refractivity contribution in [2.75, 3.05) is 31.6 Å². The molecule has 10 nitrogen and oxygen atoms in total. The molecule has 0 spiro atoms. The van der Waals surface area contributed by atoms with Crippen molar-refractivity contribution >= 4 is 43.1 Å². The molecule has 0 saturated carbocycles. The first-order chi connectivity index (χ1) is 16.6. The van der Waals surface area contributed by atoms with Crippen LogP contribution in [0.15, 0.2) is 24.3 Å². The second-order valence-corrected chi connectivity index (χ2v) is 8.81. The molecule has 1 saturated heterocycles. The SMILES string of the molecule is [B]Cc1ccc(NC(=O)CNC(=O)C(NC(=O)CCOCCN2C(=O)CC(C)C2=O)C(C)C)cc1. The normalized spacial score (nSPS) is 16.3. The molecule has 2 unspecified atom stereocenters. The fourth-order valence-corrected chi connectivity index (χ4v) is 3.49. The minimum Gasteiger partial charge on any atom is -0.379 e. The molecule has 35 heavy (non-hydrogen) atoms. The molecule has 1 heterocycles. The van der Waals surface area contributed by atoms with Gasteiger partial charge in [0.1, 0.15) is 6.04 Å². The molecule has 0 aromatic heterocycles. The van der Waals surface area contributed by atoms with Gasteiger partial charge in [0.25, 0.3) is 0 Å². The maximum absolute atomic E-state index is 12.6. The van der Waals surface area contributed by atoms with Crippen LogP contribution in [0.3, 0.4) is 0 Å². The second-order valence-electron chi connectivity index (χ2n) is 8.81. The number of carbonyl (C=O) groups excluding carboxylic acids is 5. The Balaban J connectivity index is 1.69. The number of nitrogens with one attached hydrogen (secondary N) is 3. The van der Waals surface area contributed by atoms with Crippen LogP contribution in [0.2, 0.25) is 0 Å². The van der Waals surface area contributed by atoms with Gasteiger partial charge >= 0.3 is 0 Å². The Morgan fingerprint density at radius 3 is 2.37 bits per heavy atom. The molecular formula is C24H33BN4O6. The second kappa shape index (κ2) is 13.6. The maximum Gasteiger partial charge on any atom is 0.243 e. The van der Waals surface area contributed by atoms with Gasteiger partial charge in [-0.05, 0) is 18.1 Å². The van der Waals surface area contributed by atoms with Gasteiger partial charge in [-0.15, -0.1) is 0 Å². The highest BCUT2D eigenvalue weighted by atomic mass is 16.5. The van der Waals surface area contributed by atoms with E-state index in [0.29, 0.717) is 12.0 Å². The third-order valence-corrected chi connectivity index (χ3v) is 5.56. The Morgan fingerprint density at radius 2 is 1.80 bits per heavy atom. The van der Waals surface area contributed by atoms with Crippen LogP contribution in [0, 0.1) is 11.8 Å². The topological polar surface area (TPSA) is 134 Å². The number of hydrogen-bond donors (Lipinski definition) is 3. The van der Waals surface area contributed by atoms with E-state index in [-0.39, 0.29) is 68.7 Å². The van der Waals surface area contributed by atoms with Crippen molar-refractivity contribution in [1.82, 2.24) is 15.5 Å². The molecule has 2 rings (SSSR count). The molecule has 0 aliphatic carbocycles. The molecule has 11 heteroatoms. The number of ether oxygens (including phenoxy) is 1. The highest BCUT2D eigenvalue weighted by Gasteiger charge is 2.35. The number of amides is 5. The van der Waals surface area contributed by atoms with E-state index in [2.05, 4.69) is 16.0 Å². The molecule has 1 fully saturated rings. The summed E-state index contributed by atoms with van der Waals surface area (Å²) in [5.74, 6) is -2.19. The van der Waals surface area contributed by atoms with Crippen LogP contribution in [-0.4, -0.2) is 74.6 Å². The predicted molar refractivity (Wildman–Crippen MR) is 130 cm³/mol. The number of anilines is 1. The standard InChI is InChI=1S/C24H33BN4O6/c1-15(2)22(23(33)26-14-20(31)27-18-6-4-17(13-25)5-7-18)28-19(30)8-10-35-11-9-29-21(32)12-16(3)24(29)34/h4-7,15-16,22H,8-14H2,1-3H3,(H,26,33)(H,27,31)(H,28,30). The van der Waals surface area contributed by atoms with E-state index < -0.39 is 17.9 Å². The van der Waals surface area contributed by atoms with Crippen LogP contribution in [0.4, 0.5) is 5.69 Å². The number of rotatable bonds is 13. The summed E-state index contributed by atoms with van der Waals surface area (Å²) >= 11 is 0. The number of likely N-dealkylation sites (tertiary alicyclic amines) is 1. The first-order valence-corrected chi connectivity index (χ1v) is 11.7. The van der Waals surface area contributed by atoms with Crippen molar-refractivity contribution in [3.05, 3.63) is 29.8 Å². The third-order valence-electron chi connectivity index (χ3n) is 5.56. The zero-order valence-corrected chi connectivity index (χ0v) is 20.5. The molecule has 2 atom stereocenters. The van der Waals surface area contributed by atoms with Crippen molar-refractivity contribution in [2.24, 2.45) is 11.8 Å². The Bertz CT molecular complexity index is 921. The molecule has 3 N–H and O–H groups in total. The lowest BCUT2D eigenvalue weighted by atomic mass is 9.97. The number of hydrogen-bond acceptors (Lipinski definition) is 6. The van der Waals surface area contributed by atoms with Gasteiger partial charge in [-0.2, -0.15) is 0 Å². The maximum atomic E-state index is 12.6. The Kier molecular flexibility index (Phi) is 10.9. The number of nitrogens with zero attached hydrogens (tertiary/aromatic N) is 1. The summed E-state index contributed by atoms with van der Waals surface area (Å²) in [6.45, 7) is 5.40. The smallest absolute Gasteiger partial charge is 0.243 e. The Morgan fingerprint density at radius 1 is 1.11 bits per heavy atom. The van der Waals surface area contributed by atoms with Gasteiger partial charge in [0.2, 0.25) is 29.5 Å². The first-order valence-electron chi connectivity index (χ1n) is 11.7. The van der Waals surface area contributed by atoms with E-state index in [0.717, 1.165) is 5.56 Å². The molecule has 5 amide bonds. The summed E-state index contributed by atoms with van der Waals surface area (Å²) in [7, 11) is 5.55. The summed E-state index contributed by atoms with van der Waals surface area (Å²) in [5, 5.41) is 7.89. The predicted octanol–water partition coefficient (Wildman–Crippen LogP) is 0.352. The summed E-state index contributed by atoms with van der Waals surface area (Å²) < 4.78 is 5.38. The van der Waals surface area contributed by atoms with Crippen molar-refractivity contribution in [2.45, 2.75) is 46.0 Å². The van der Waals surface area contributed by atoms with Crippen LogP contribution in [0.1, 0.15) is 39.2 Å². The summed E-state index contributed by atoms with van der Waals surface area (Å²) in [6, 6.07) is 6.23. The van der Waals surface area contributed by atoms with Gasteiger partial charge in [-0.1, -0.05) is 44.8 Å². The molecule has 188 valence electrons. The number of carbonyl (C=O) groups is 5. The monoisotopic (exact) mass is 484 g/mol. The van der Waals surface area contributed by atoms with Crippen LogP contribution in [0.5, 0.6) is 0 Å². The fraction of sp³-hybridized carbons (Fsp3) is 0.542. The summed E-state index contributed by atoms with van der Waals surface area (Å²) in [6.07, 6.45) is 0.621. The fourth-order valence-electron chi connectivity index (χ4n) is 3.49. The van der Waals surface area contributed by atoms with Crippen molar-refractivity contribution in [3.63, 3.8) is 0 Å². The first kappa shape index (κ1) is 28.0. The molecule has 1 aliphatic rings. The van der Waals surface area contributed by atoms with Gasteiger partial charge in [0, 0.05) is 24.4 Å². The lowest BCUT2D eigenvalue weighted by Gasteiger charge is -2.21. The summed E-state index contributed by atoms with van der Waals surface area (Å²) in [5.41, 5.74) is 1.52. The van der Waals surface area contributed by atoms with Crippen LogP contribution < -0.4 is 16.0 Å². The van der Waals surface area contributed by atoms with Crippen molar-refractivity contribution < 1.29 is 28.7 Å². The molecule has 0 bridgehead atoms. The average Bonchev–Trinajstić information content (AvgIpc) is 3.06. The van der Waals surface area contributed by atoms with E-state index in [1.165, 1.54) is 4.90 Å². The number of imide groups is 1. The van der Waals surface area contributed by atoms with Gasteiger partial charge < -0.3 is 20.7 Å². The van der Waals surface area contributed by atoms with E-state index >= 15 is 0 Å². The minimum atomic E-state index is -0.819. The lowest BCUT2D eigenvalue weighted by molar-refractivity contribution is -0.140. The van der Waals surface area contributed by atoms with Crippen LogP contribution in [0.25, 0.3) is 0 Å². The molecule has 1 aromatic carbocycles. The lowest BCUT2D eigenvalue weighted by Crippen LogP contribution is -2.51. The molecule has 1 aromatic rings. The Labute approximate surface area is 206 Å². The number of benzene rings is 1. The van der Waals surface area contributed by atoms with Crippen molar-refractivity contribution in [1.29, 1.82) is 0 Å². The van der Waals surface area contributed by atoms with Gasteiger partial charge in [0.15, 0.2) is 0 Å². The van der Waals surface area contributed by atoms with E-state index in [9.17, 15) is 24.0 Å². The van der Waals surface area contributed by atoms with E-state index in [1.54, 1.807) is 45.0 Å². The highest BCUT2D eigenvalue weighted by Crippen LogP contribution is 2.18. The van der Waals surface area contributed by atoms with Gasteiger partial charge in [-0.25, -0.2) is 0 Å². The third kappa shape index (κ3) is 8.82. The van der Waals surface area contributed by atoms with Crippen LogP contribution in [-0.2, 0) is 35.0 Å². The van der Waals surface area contributed by atoms with Crippen LogP contribution >= 0.6 is 0 Å². The van der Waals surface area contributed by atoms with E-state index in [1.807, 2.05) is 0 Å². The largest absolute Gasteiger partial charge is 0.379 e. The minimum absolute atomic E-state index is 0.00801.